The minimum atomic E-state index is -4.20. The molecule has 0 unspecified atom stereocenters. The highest BCUT2D eigenvalue weighted by Gasteiger charge is 2.44. The van der Waals surface area contributed by atoms with Gasteiger partial charge in [0.15, 0.2) is 0 Å². The molecule has 1 aliphatic rings. The second kappa shape index (κ2) is 8.35. The van der Waals surface area contributed by atoms with Crippen molar-refractivity contribution in [3.63, 3.8) is 0 Å². The standard InChI is InChI=1S/C22H24ClFN4O4S/c1-11-4-6-16(24)18(12(11)2)13(3)19(20-26-27-21(29)32-20)28-33(30,31)17-7-5-14(23)10-15(17)22(25)8-9-22/h4-7,10,13,19,28H,8-9,25H2,1-3H3,(H,27,29)/t13-,19+/m1/s1. The van der Waals surface area contributed by atoms with Crippen LogP contribution in [0.3, 0.4) is 0 Å². The maximum Gasteiger partial charge on any atom is 0.434 e. The van der Waals surface area contributed by atoms with Crippen molar-refractivity contribution in [3.8, 4) is 0 Å². The minimum Gasteiger partial charge on any atom is -0.391 e. The number of nitrogens with zero attached hydrogens (tertiary/aromatic N) is 1. The van der Waals surface area contributed by atoms with E-state index in [1.54, 1.807) is 26.0 Å². The van der Waals surface area contributed by atoms with Gasteiger partial charge in [0.05, 0.1) is 4.90 Å². The molecule has 4 N–H and O–H groups in total. The molecule has 0 amide bonds. The average Bonchev–Trinajstić information content (AvgIpc) is 3.36. The Morgan fingerprint density at radius 2 is 1.97 bits per heavy atom. The summed E-state index contributed by atoms with van der Waals surface area (Å²) < 4.78 is 49.6. The first-order chi connectivity index (χ1) is 15.4. The van der Waals surface area contributed by atoms with Crippen LogP contribution in [-0.2, 0) is 15.6 Å². The Morgan fingerprint density at radius 3 is 2.58 bits per heavy atom. The normalized spacial score (nSPS) is 17.0. The van der Waals surface area contributed by atoms with Gasteiger partial charge < -0.3 is 10.2 Å². The van der Waals surface area contributed by atoms with Crippen molar-refractivity contribution in [1.82, 2.24) is 14.9 Å². The molecule has 8 nitrogen and oxygen atoms in total. The van der Waals surface area contributed by atoms with Gasteiger partial charge in [0.2, 0.25) is 15.9 Å². The molecule has 2 aromatic carbocycles. The van der Waals surface area contributed by atoms with Gasteiger partial charge in [-0.15, -0.1) is 5.10 Å². The van der Waals surface area contributed by atoms with Gasteiger partial charge in [-0.1, -0.05) is 24.6 Å². The van der Waals surface area contributed by atoms with Crippen LogP contribution in [0.15, 0.2) is 44.4 Å². The van der Waals surface area contributed by atoms with Crippen LogP contribution in [0, 0.1) is 19.7 Å². The third-order valence-electron chi connectivity index (χ3n) is 6.25. The Morgan fingerprint density at radius 1 is 1.27 bits per heavy atom. The molecule has 33 heavy (non-hydrogen) atoms. The van der Waals surface area contributed by atoms with Crippen molar-refractivity contribution >= 4 is 21.6 Å². The highest BCUT2D eigenvalue weighted by atomic mass is 35.5. The number of aryl methyl sites for hydroxylation is 1. The molecule has 11 heteroatoms. The third-order valence-corrected chi connectivity index (χ3v) is 7.98. The number of benzene rings is 2. The molecule has 0 bridgehead atoms. The van der Waals surface area contributed by atoms with Gasteiger partial charge in [-0.25, -0.2) is 22.7 Å². The summed E-state index contributed by atoms with van der Waals surface area (Å²) in [6.45, 7) is 5.22. The Bertz CT molecular complexity index is 1380. The predicted octanol–water partition coefficient (Wildman–Crippen LogP) is 3.54. The monoisotopic (exact) mass is 494 g/mol. The SMILES string of the molecule is Cc1ccc(F)c([C@@H](C)[C@H](NS(=O)(=O)c2ccc(Cl)cc2C2(N)CC2)c2n[nH]c(=O)o2)c1C. The zero-order valence-electron chi connectivity index (χ0n) is 18.3. The van der Waals surface area contributed by atoms with Gasteiger partial charge in [-0.2, -0.15) is 4.72 Å². The van der Waals surface area contributed by atoms with Crippen LogP contribution in [0.1, 0.15) is 59.9 Å². The van der Waals surface area contributed by atoms with Crippen molar-refractivity contribution in [1.29, 1.82) is 0 Å². The van der Waals surface area contributed by atoms with Crippen LogP contribution in [0.5, 0.6) is 0 Å². The zero-order valence-corrected chi connectivity index (χ0v) is 19.8. The van der Waals surface area contributed by atoms with E-state index in [0.29, 0.717) is 34.6 Å². The van der Waals surface area contributed by atoms with E-state index in [-0.39, 0.29) is 10.8 Å². The summed E-state index contributed by atoms with van der Waals surface area (Å²) in [6, 6.07) is 6.17. The fraction of sp³-hybridized carbons (Fsp3) is 0.364. The Balaban J connectivity index is 1.81. The van der Waals surface area contributed by atoms with E-state index >= 15 is 0 Å². The quantitative estimate of drug-likeness (QED) is 0.460. The van der Waals surface area contributed by atoms with Crippen molar-refractivity contribution in [2.75, 3.05) is 0 Å². The maximum atomic E-state index is 14.9. The Kier molecular flexibility index (Phi) is 5.98. The molecule has 0 radical (unpaired) electrons. The number of hydrogen-bond donors (Lipinski definition) is 3. The maximum absolute atomic E-state index is 14.9. The smallest absolute Gasteiger partial charge is 0.391 e. The number of nitrogens with two attached hydrogens (primary N) is 1. The van der Waals surface area contributed by atoms with E-state index in [1.165, 1.54) is 18.2 Å². The number of sulfonamides is 1. The summed E-state index contributed by atoms with van der Waals surface area (Å²) in [7, 11) is -4.20. The number of hydrogen-bond acceptors (Lipinski definition) is 6. The molecule has 1 saturated carbocycles. The molecule has 3 aromatic rings. The molecule has 4 rings (SSSR count). The van der Waals surface area contributed by atoms with E-state index in [1.807, 2.05) is 6.92 Å². The molecule has 2 atom stereocenters. The number of halogens is 2. The number of nitrogens with one attached hydrogen (secondary N) is 2. The van der Waals surface area contributed by atoms with Crippen molar-refractivity contribution in [3.05, 3.63) is 79.9 Å². The summed E-state index contributed by atoms with van der Waals surface area (Å²) in [5.41, 5.74) is 7.72. The molecule has 176 valence electrons. The van der Waals surface area contributed by atoms with E-state index in [4.69, 9.17) is 21.8 Å². The molecular weight excluding hydrogens is 471 g/mol. The number of aromatic nitrogens is 2. The summed E-state index contributed by atoms with van der Waals surface area (Å²) in [5.74, 6) is -2.33. The number of aromatic amines is 1. The van der Waals surface area contributed by atoms with Gasteiger partial charge in [-0.3, -0.25) is 0 Å². The molecule has 0 aliphatic heterocycles. The van der Waals surface area contributed by atoms with Crippen LogP contribution in [0.2, 0.25) is 5.02 Å². The molecule has 1 aliphatic carbocycles. The van der Waals surface area contributed by atoms with Crippen molar-refractivity contribution < 1.29 is 17.2 Å². The van der Waals surface area contributed by atoms with E-state index in [9.17, 15) is 17.6 Å². The lowest BCUT2D eigenvalue weighted by Gasteiger charge is -2.26. The Hall–Kier alpha value is -2.53. The topological polar surface area (TPSA) is 131 Å². The lowest BCUT2D eigenvalue weighted by atomic mass is 9.88. The third kappa shape index (κ3) is 4.48. The van der Waals surface area contributed by atoms with Crippen molar-refractivity contribution in [2.45, 2.75) is 56.0 Å². The minimum absolute atomic E-state index is 0.0385. The van der Waals surface area contributed by atoms with Gasteiger partial charge in [0.1, 0.15) is 11.9 Å². The summed E-state index contributed by atoms with van der Waals surface area (Å²) in [4.78, 5) is 11.6. The molecular formula is C22H24ClFN4O4S. The van der Waals surface area contributed by atoms with E-state index in [2.05, 4.69) is 14.9 Å². The zero-order chi connectivity index (χ0) is 24.1. The molecule has 0 spiro atoms. The fourth-order valence-corrected chi connectivity index (χ4v) is 5.77. The molecule has 0 saturated heterocycles. The second-order valence-corrected chi connectivity index (χ2v) is 10.7. The van der Waals surface area contributed by atoms with Gasteiger partial charge in [0, 0.05) is 16.5 Å². The first kappa shape index (κ1) is 23.6. The van der Waals surface area contributed by atoms with Crippen LogP contribution in [0.25, 0.3) is 0 Å². The molecule has 1 heterocycles. The van der Waals surface area contributed by atoms with Crippen LogP contribution < -0.4 is 16.2 Å². The van der Waals surface area contributed by atoms with Gasteiger partial charge in [-0.05, 0) is 73.2 Å². The second-order valence-electron chi connectivity index (χ2n) is 8.54. The molecule has 1 aromatic heterocycles. The molecule has 1 fully saturated rings. The average molecular weight is 495 g/mol. The number of rotatable bonds is 7. The highest BCUT2D eigenvalue weighted by Crippen LogP contribution is 2.46. The van der Waals surface area contributed by atoms with Crippen molar-refractivity contribution in [2.24, 2.45) is 5.73 Å². The van der Waals surface area contributed by atoms with E-state index in [0.717, 1.165) is 5.56 Å². The summed E-state index contributed by atoms with van der Waals surface area (Å²) >= 11 is 6.11. The fourth-order valence-electron chi connectivity index (χ4n) is 4.03. The van der Waals surface area contributed by atoms with Gasteiger partial charge in [0.25, 0.3) is 0 Å². The lowest BCUT2D eigenvalue weighted by Crippen LogP contribution is -2.34. The summed E-state index contributed by atoms with van der Waals surface area (Å²) in [6.07, 6.45) is 1.25. The van der Waals surface area contributed by atoms with Crippen LogP contribution in [0.4, 0.5) is 4.39 Å². The predicted molar refractivity (Wildman–Crippen MR) is 121 cm³/mol. The van der Waals surface area contributed by atoms with Crippen LogP contribution >= 0.6 is 11.6 Å². The largest absolute Gasteiger partial charge is 0.434 e. The summed E-state index contributed by atoms with van der Waals surface area (Å²) in [5, 5.41) is 6.32. The lowest BCUT2D eigenvalue weighted by molar-refractivity contribution is 0.376. The van der Waals surface area contributed by atoms with E-state index < -0.39 is 39.1 Å². The highest BCUT2D eigenvalue weighted by molar-refractivity contribution is 7.89. The first-order valence-electron chi connectivity index (χ1n) is 10.4. The number of H-pyrrole nitrogens is 1. The Labute approximate surface area is 195 Å². The van der Waals surface area contributed by atoms with Crippen LogP contribution in [-0.4, -0.2) is 18.6 Å². The van der Waals surface area contributed by atoms with Gasteiger partial charge >= 0.3 is 5.76 Å². The first-order valence-corrected chi connectivity index (χ1v) is 12.2.